The van der Waals surface area contributed by atoms with E-state index >= 15 is 0 Å². The normalized spacial score (nSPS) is 19.9. The highest BCUT2D eigenvalue weighted by Gasteiger charge is 2.35. The standard InChI is InChI=1S/C22H27N3O3S/c1-27-16-8-9-17(20(13-16)28-2)18-14-19(21-7-6-12-29-21)25(23-18)22(26)15-24-10-4-3-5-11-24/h6-9,12-13,19H,3-5,10-11,14-15H2,1-2H3/t19-/m0/s1. The number of methoxy groups -OCH3 is 2. The third-order valence-corrected chi connectivity index (χ3v) is 6.54. The number of ether oxygens (including phenoxy) is 2. The van der Waals surface area contributed by atoms with Gasteiger partial charge in [-0.2, -0.15) is 5.10 Å². The summed E-state index contributed by atoms with van der Waals surface area (Å²) in [5, 5.41) is 8.53. The lowest BCUT2D eigenvalue weighted by Crippen LogP contribution is -2.40. The molecule has 29 heavy (non-hydrogen) atoms. The highest BCUT2D eigenvalue weighted by atomic mass is 32.1. The van der Waals surface area contributed by atoms with Gasteiger partial charge in [-0.25, -0.2) is 5.01 Å². The summed E-state index contributed by atoms with van der Waals surface area (Å²) in [7, 11) is 3.28. The molecule has 154 valence electrons. The average molecular weight is 414 g/mol. The first-order valence-corrected chi connectivity index (χ1v) is 10.9. The second-order valence-electron chi connectivity index (χ2n) is 7.42. The van der Waals surface area contributed by atoms with Gasteiger partial charge in [-0.05, 0) is 49.5 Å². The van der Waals surface area contributed by atoms with Crippen molar-refractivity contribution in [2.24, 2.45) is 5.10 Å². The van der Waals surface area contributed by atoms with Crippen molar-refractivity contribution in [2.45, 2.75) is 31.7 Å². The van der Waals surface area contributed by atoms with E-state index in [4.69, 9.17) is 14.6 Å². The molecule has 0 unspecified atom stereocenters. The minimum atomic E-state index is -0.0610. The molecule has 1 fully saturated rings. The molecule has 1 amide bonds. The summed E-state index contributed by atoms with van der Waals surface area (Å²) in [6.45, 7) is 2.41. The number of rotatable bonds is 6. The summed E-state index contributed by atoms with van der Waals surface area (Å²) in [5.41, 5.74) is 1.78. The summed E-state index contributed by atoms with van der Waals surface area (Å²) in [5.74, 6) is 1.50. The van der Waals surface area contributed by atoms with Gasteiger partial charge in [0, 0.05) is 22.9 Å². The lowest BCUT2D eigenvalue weighted by atomic mass is 10.0. The van der Waals surface area contributed by atoms with Gasteiger partial charge in [-0.3, -0.25) is 9.69 Å². The maximum atomic E-state index is 13.2. The fourth-order valence-corrected chi connectivity index (χ4v) is 4.84. The van der Waals surface area contributed by atoms with Gasteiger partial charge in [0.05, 0.1) is 32.5 Å². The Kier molecular flexibility index (Phi) is 6.16. The van der Waals surface area contributed by atoms with Gasteiger partial charge >= 0.3 is 0 Å². The zero-order valence-corrected chi connectivity index (χ0v) is 17.8. The highest BCUT2D eigenvalue weighted by Crippen LogP contribution is 2.37. The van der Waals surface area contributed by atoms with Crippen LogP contribution in [0.2, 0.25) is 0 Å². The smallest absolute Gasteiger partial charge is 0.257 e. The Morgan fingerprint density at radius 1 is 1.17 bits per heavy atom. The predicted molar refractivity (Wildman–Crippen MR) is 115 cm³/mol. The molecule has 2 aliphatic heterocycles. The van der Waals surface area contributed by atoms with Crippen molar-refractivity contribution in [3.63, 3.8) is 0 Å². The van der Waals surface area contributed by atoms with Crippen molar-refractivity contribution in [3.8, 4) is 11.5 Å². The molecule has 4 rings (SSSR count). The van der Waals surface area contributed by atoms with Gasteiger partial charge in [0.1, 0.15) is 11.5 Å². The van der Waals surface area contributed by atoms with Crippen LogP contribution in [0.3, 0.4) is 0 Å². The number of piperidine rings is 1. The van der Waals surface area contributed by atoms with E-state index in [9.17, 15) is 4.79 Å². The SMILES string of the molecule is COc1ccc(C2=NN(C(=O)CN3CCCCC3)[C@H](c3cccs3)C2)c(OC)c1. The molecule has 0 spiro atoms. The lowest BCUT2D eigenvalue weighted by Gasteiger charge is -2.28. The number of amides is 1. The Hall–Kier alpha value is -2.38. The summed E-state index contributed by atoms with van der Waals surface area (Å²) >= 11 is 1.67. The van der Waals surface area contributed by atoms with Crippen molar-refractivity contribution < 1.29 is 14.3 Å². The maximum absolute atomic E-state index is 13.2. The molecule has 1 saturated heterocycles. The molecule has 1 atom stereocenters. The zero-order chi connectivity index (χ0) is 20.2. The van der Waals surface area contributed by atoms with Crippen molar-refractivity contribution in [2.75, 3.05) is 33.9 Å². The van der Waals surface area contributed by atoms with Crippen LogP contribution < -0.4 is 9.47 Å². The molecule has 0 N–H and O–H groups in total. The van der Waals surface area contributed by atoms with Gasteiger partial charge in [-0.15, -0.1) is 11.3 Å². The monoisotopic (exact) mass is 413 g/mol. The summed E-state index contributed by atoms with van der Waals surface area (Å²) in [4.78, 5) is 16.6. The minimum Gasteiger partial charge on any atom is -0.497 e. The third-order valence-electron chi connectivity index (χ3n) is 5.56. The first-order chi connectivity index (χ1) is 14.2. The molecule has 3 heterocycles. The van der Waals surface area contributed by atoms with Crippen LogP contribution >= 0.6 is 11.3 Å². The molecule has 1 aromatic heterocycles. The van der Waals surface area contributed by atoms with Crippen molar-refractivity contribution in [1.82, 2.24) is 9.91 Å². The lowest BCUT2D eigenvalue weighted by molar-refractivity contribution is -0.134. The maximum Gasteiger partial charge on any atom is 0.257 e. The van der Waals surface area contributed by atoms with E-state index in [0.29, 0.717) is 18.7 Å². The quantitative estimate of drug-likeness (QED) is 0.720. The Balaban J connectivity index is 1.61. The van der Waals surface area contributed by atoms with Gasteiger partial charge in [0.15, 0.2) is 0 Å². The molecule has 2 aliphatic rings. The molecule has 0 aliphatic carbocycles. The van der Waals surface area contributed by atoms with Crippen molar-refractivity contribution >= 4 is 23.0 Å². The van der Waals surface area contributed by atoms with E-state index in [1.165, 1.54) is 19.3 Å². The van der Waals surface area contributed by atoms with Crippen LogP contribution in [0.1, 0.15) is 42.2 Å². The van der Waals surface area contributed by atoms with Gasteiger partial charge in [-0.1, -0.05) is 12.5 Å². The molecule has 2 aromatic rings. The number of thiophene rings is 1. The van der Waals surface area contributed by atoms with E-state index in [1.807, 2.05) is 24.3 Å². The Bertz CT molecular complexity index is 875. The Morgan fingerprint density at radius 3 is 2.69 bits per heavy atom. The molecule has 6 nitrogen and oxygen atoms in total. The Morgan fingerprint density at radius 2 is 2.00 bits per heavy atom. The average Bonchev–Trinajstić information content (AvgIpc) is 3.44. The van der Waals surface area contributed by atoms with E-state index in [-0.39, 0.29) is 11.9 Å². The number of nitrogens with zero attached hydrogens (tertiary/aromatic N) is 3. The summed E-state index contributed by atoms with van der Waals surface area (Å²) < 4.78 is 10.9. The molecule has 0 bridgehead atoms. The number of hydrazone groups is 1. The molecular weight excluding hydrogens is 386 g/mol. The van der Waals surface area contributed by atoms with Crippen LogP contribution in [-0.4, -0.2) is 55.4 Å². The van der Waals surface area contributed by atoms with Crippen LogP contribution in [0.4, 0.5) is 0 Å². The second-order valence-corrected chi connectivity index (χ2v) is 8.40. The first kappa shape index (κ1) is 19.9. The van der Waals surface area contributed by atoms with Crippen molar-refractivity contribution in [1.29, 1.82) is 0 Å². The molecule has 0 saturated carbocycles. The number of hydrogen-bond donors (Lipinski definition) is 0. The summed E-state index contributed by atoms with van der Waals surface area (Å²) in [6.07, 6.45) is 4.26. The van der Waals surface area contributed by atoms with E-state index in [0.717, 1.165) is 35.0 Å². The second kappa shape index (κ2) is 8.97. The molecular formula is C22H27N3O3S. The van der Waals surface area contributed by atoms with Crippen LogP contribution in [0, 0.1) is 0 Å². The van der Waals surface area contributed by atoms with E-state index in [2.05, 4.69) is 16.3 Å². The van der Waals surface area contributed by atoms with Crippen LogP contribution in [0.25, 0.3) is 0 Å². The minimum absolute atomic E-state index is 0.0610. The van der Waals surface area contributed by atoms with Crippen LogP contribution in [-0.2, 0) is 4.79 Å². The predicted octanol–water partition coefficient (Wildman–Crippen LogP) is 3.93. The fraction of sp³-hybridized carbons (Fsp3) is 0.455. The first-order valence-electron chi connectivity index (χ1n) is 10.1. The van der Waals surface area contributed by atoms with Crippen molar-refractivity contribution in [3.05, 3.63) is 46.2 Å². The molecule has 0 radical (unpaired) electrons. The largest absolute Gasteiger partial charge is 0.497 e. The number of likely N-dealkylation sites (tertiary alicyclic amines) is 1. The zero-order valence-electron chi connectivity index (χ0n) is 17.0. The fourth-order valence-electron chi connectivity index (χ4n) is 4.02. The topological polar surface area (TPSA) is 54.4 Å². The Labute approximate surface area is 175 Å². The molecule has 1 aromatic carbocycles. The van der Waals surface area contributed by atoms with Gasteiger partial charge < -0.3 is 9.47 Å². The van der Waals surface area contributed by atoms with Crippen LogP contribution in [0.15, 0.2) is 40.8 Å². The van der Waals surface area contributed by atoms with E-state index < -0.39 is 0 Å². The number of carbonyl (C=O) groups excluding carboxylic acids is 1. The summed E-state index contributed by atoms with van der Waals surface area (Å²) in [6, 6.07) is 9.77. The highest BCUT2D eigenvalue weighted by molar-refractivity contribution is 7.10. The third kappa shape index (κ3) is 4.31. The molecule has 7 heteroatoms. The van der Waals surface area contributed by atoms with Gasteiger partial charge in [0.2, 0.25) is 0 Å². The van der Waals surface area contributed by atoms with Gasteiger partial charge in [0.25, 0.3) is 5.91 Å². The number of hydrogen-bond acceptors (Lipinski definition) is 6. The van der Waals surface area contributed by atoms with Crippen LogP contribution in [0.5, 0.6) is 11.5 Å². The van der Waals surface area contributed by atoms with E-state index in [1.54, 1.807) is 30.6 Å². The number of carbonyl (C=O) groups is 1. The number of benzene rings is 1.